The van der Waals surface area contributed by atoms with E-state index in [9.17, 15) is 4.79 Å². The Labute approximate surface area is 100 Å². The van der Waals surface area contributed by atoms with Crippen LogP contribution in [0.25, 0.3) is 0 Å². The highest BCUT2D eigenvalue weighted by Crippen LogP contribution is 2.22. The van der Waals surface area contributed by atoms with Crippen LogP contribution in [0.15, 0.2) is 12.1 Å². The van der Waals surface area contributed by atoms with Crippen molar-refractivity contribution in [2.24, 2.45) is 0 Å². The summed E-state index contributed by atoms with van der Waals surface area (Å²) in [5, 5.41) is 6.27. The van der Waals surface area contributed by atoms with Gasteiger partial charge in [0.05, 0.1) is 12.1 Å². The first kappa shape index (κ1) is 11.6. The molecule has 0 saturated carbocycles. The summed E-state index contributed by atoms with van der Waals surface area (Å²) in [6.45, 7) is 5.09. The second kappa shape index (κ2) is 4.97. The van der Waals surface area contributed by atoms with Crippen LogP contribution in [-0.4, -0.2) is 18.5 Å². The van der Waals surface area contributed by atoms with Gasteiger partial charge < -0.3 is 10.6 Å². The Morgan fingerprint density at radius 3 is 3.00 bits per heavy atom. The molecule has 0 spiro atoms. The lowest BCUT2D eigenvalue weighted by molar-refractivity contribution is -0.123. The molecule has 16 heavy (non-hydrogen) atoms. The van der Waals surface area contributed by atoms with E-state index >= 15 is 0 Å². The van der Waals surface area contributed by atoms with Crippen molar-refractivity contribution in [3.63, 3.8) is 0 Å². The van der Waals surface area contributed by atoms with Crippen LogP contribution >= 0.6 is 11.3 Å². The molecule has 0 aromatic carbocycles. The van der Waals surface area contributed by atoms with Gasteiger partial charge in [0, 0.05) is 9.75 Å². The van der Waals surface area contributed by atoms with Crippen molar-refractivity contribution in [3.8, 4) is 0 Å². The molecule has 0 bridgehead atoms. The maximum absolute atomic E-state index is 11.9. The molecule has 1 unspecified atom stereocenters. The van der Waals surface area contributed by atoms with Gasteiger partial charge in [-0.1, -0.05) is 0 Å². The number of rotatable bonds is 3. The van der Waals surface area contributed by atoms with Crippen molar-refractivity contribution in [1.29, 1.82) is 0 Å². The van der Waals surface area contributed by atoms with E-state index in [0.29, 0.717) is 0 Å². The molecule has 1 saturated heterocycles. The minimum atomic E-state index is 0.0171. The zero-order valence-corrected chi connectivity index (χ0v) is 10.6. The Morgan fingerprint density at radius 2 is 2.44 bits per heavy atom. The molecule has 1 aliphatic rings. The number of thiophene rings is 1. The van der Waals surface area contributed by atoms with Crippen LogP contribution in [-0.2, 0) is 4.79 Å². The fourth-order valence-corrected chi connectivity index (χ4v) is 2.86. The van der Waals surface area contributed by atoms with Crippen LogP contribution in [0, 0.1) is 6.92 Å². The third kappa shape index (κ3) is 2.62. The maximum Gasteiger partial charge on any atom is 0.237 e. The van der Waals surface area contributed by atoms with Crippen LogP contribution in [0.2, 0.25) is 0 Å². The molecule has 3 nitrogen and oxygen atoms in total. The summed E-state index contributed by atoms with van der Waals surface area (Å²) >= 11 is 1.75. The minimum Gasteiger partial charge on any atom is -0.347 e. The van der Waals surface area contributed by atoms with Crippen LogP contribution in [0.1, 0.15) is 35.6 Å². The molecule has 1 amide bonds. The van der Waals surface area contributed by atoms with Gasteiger partial charge in [-0.15, -0.1) is 11.3 Å². The summed E-state index contributed by atoms with van der Waals surface area (Å²) in [6, 6.07) is 4.32. The largest absolute Gasteiger partial charge is 0.347 e. The third-order valence-electron chi connectivity index (χ3n) is 2.92. The number of hydrogen-bond donors (Lipinski definition) is 2. The van der Waals surface area contributed by atoms with E-state index in [0.717, 1.165) is 19.4 Å². The molecular formula is C12H18N2OS. The smallest absolute Gasteiger partial charge is 0.237 e. The van der Waals surface area contributed by atoms with Gasteiger partial charge in [0.25, 0.3) is 0 Å². The van der Waals surface area contributed by atoms with Crippen molar-refractivity contribution in [1.82, 2.24) is 10.6 Å². The molecule has 2 atom stereocenters. The summed E-state index contributed by atoms with van der Waals surface area (Å²) in [5.41, 5.74) is 0. The van der Waals surface area contributed by atoms with Gasteiger partial charge in [-0.05, 0) is 45.4 Å². The molecule has 1 aromatic rings. The van der Waals surface area contributed by atoms with Gasteiger partial charge in [0.2, 0.25) is 5.91 Å². The van der Waals surface area contributed by atoms with Crippen LogP contribution in [0.5, 0.6) is 0 Å². The molecule has 4 heteroatoms. The molecule has 88 valence electrons. The summed E-state index contributed by atoms with van der Waals surface area (Å²) in [6.07, 6.45) is 2.06. The maximum atomic E-state index is 11.9. The Hall–Kier alpha value is -0.870. The zero-order valence-electron chi connectivity index (χ0n) is 9.75. The number of aryl methyl sites for hydroxylation is 1. The highest BCUT2D eigenvalue weighted by atomic mass is 32.1. The molecular weight excluding hydrogens is 220 g/mol. The zero-order chi connectivity index (χ0) is 11.5. The molecule has 0 aliphatic carbocycles. The lowest BCUT2D eigenvalue weighted by Gasteiger charge is -2.16. The van der Waals surface area contributed by atoms with Crippen LogP contribution in [0.3, 0.4) is 0 Å². The summed E-state index contributed by atoms with van der Waals surface area (Å²) in [4.78, 5) is 14.4. The first-order valence-electron chi connectivity index (χ1n) is 5.77. The highest BCUT2D eigenvalue weighted by molar-refractivity contribution is 7.12. The molecule has 2 rings (SSSR count). The number of carbonyl (C=O) groups excluding carboxylic acids is 1. The molecule has 1 aliphatic heterocycles. The van der Waals surface area contributed by atoms with E-state index in [1.807, 2.05) is 6.92 Å². The predicted molar refractivity (Wildman–Crippen MR) is 66.6 cm³/mol. The Balaban J connectivity index is 1.91. The van der Waals surface area contributed by atoms with Crippen molar-refractivity contribution in [2.75, 3.05) is 6.54 Å². The number of carbonyl (C=O) groups is 1. The molecule has 1 fully saturated rings. The monoisotopic (exact) mass is 238 g/mol. The van der Waals surface area contributed by atoms with Gasteiger partial charge in [-0.25, -0.2) is 0 Å². The highest BCUT2D eigenvalue weighted by Gasteiger charge is 2.23. The minimum absolute atomic E-state index is 0.0171. The molecule has 0 radical (unpaired) electrons. The second-order valence-corrected chi connectivity index (χ2v) is 5.65. The number of nitrogens with one attached hydrogen (secondary N) is 2. The van der Waals surface area contributed by atoms with Crippen LogP contribution in [0.4, 0.5) is 0 Å². The quantitative estimate of drug-likeness (QED) is 0.845. The Bertz CT molecular complexity index is 369. The van der Waals surface area contributed by atoms with Gasteiger partial charge in [0.15, 0.2) is 0 Å². The van der Waals surface area contributed by atoms with E-state index in [2.05, 4.69) is 29.7 Å². The van der Waals surface area contributed by atoms with Gasteiger partial charge in [-0.2, -0.15) is 0 Å². The predicted octanol–water partition coefficient (Wildman–Crippen LogP) is 1.99. The lowest BCUT2D eigenvalue weighted by Crippen LogP contribution is -2.41. The lowest BCUT2D eigenvalue weighted by atomic mass is 10.2. The van der Waals surface area contributed by atoms with Crippen molar-refractivity contribution in [3.05, 3.63) is 21.9 Å². The average molecular weight is 238 g/mol. The summed E-state index contributed by atoms with van der Waals surface area (Å²) < 4.78 is 0. The molecule has 1 aromatic heterocycles. The third-order valence-corrected chi connectivity index (χ3v) is 4.11. The normalized spacial score (nSPS) is 22.0. The fourth-order valence-electron chi connectivity index (χ4n) is 1.98. The summed E-state index contributed by atoms with van der Waals surface area (Å²) in [5.74, 6) is 0.135. The topological polar surface area (TPSA) is 41.1 Å². The second-order valence-electron chi connectivity index (χ2n) is 4.33. The van der Waals surface area contributed by atoms with E-state index in [4.69, 9.17) is 0 Å². The van der Waals surface area contributed by atoms with Gasteiger partial charge in [0.1, 0.15) is 0 Å². The van der Waals surface area contributed by atoms with Crippen molar-refractivity contribution >= 4 is 17.2 Å². The standard InChI is InChI=1S/C12H18N2OS/c1-8-5-6-11(16-8)9(2)14-12(15)10-4-3-7-13-10/h5-6,9-10,13H,3-4,7H2,1-2H3,(H,14,15)/t9?,10-/m0/s1. The van der Waals surface area contributed by atoms with E-state index in [1.165, 1.54) is 9.75 Å². The average Bonchev–Trinajstić information content (AvgIpc) is 2.87. The summed E-state index contributed by atoms with van der Waals surface area (Å²) in [7, 11) is 0. The van der Waals surface area contributed by atoms with Gasteiger partial charge >= 0.3 is 0 Å². The molecule has 2 heterocycles. The fraction of sp³-hybridized carbons (Fsp3) is 0.583. The SMILES string of the molecule is Cc1ccc(C(C)NC(=O)[C@@H]2CCCN2)s1. The first-order valence-corrected chi connectivity index (χ1v) is 6.58. The Kier molecular flexibility index (Phi) is 3.61. The van der Waals surface area contributed by atoms with Crippen LogP contribution < -0.4 is 10.6 Å². The number of hydrogen-bond acceptors (Lipinski definition) is 3. The first-order chi connectivity index (χ1) is 7.66. The van der Waals surface area contributed by atoms with E-state index in [1.54, 1.807) is 11.3 Å². The molecule has 2 N–H and O–H groups in total. The van der Waals surface area contributed by atoms with Crippen molar-refractivity contribution < 1.29 is 4.79 Å². The Morgan fingerprint density at radius 1 is 1.62 bits per heavy atom. The van der Waals surface area contributed by atoms with E-state index in [-0.39, 0.29) is 18.0 Å². The van der Waals surface area contributed by atoms with Crippen molar-refractivity contribution in [2.45, 2.75) is 38.8 Å². The van der Waals surface area contributed by atoms with E-state index < -0.39 is 0 Å². The van der Waals surface area contributed by atoms with Gasteiger partial charge in [-0.3, -0.25) is 4.79 Å². The number of amides is 1.